The van der Waals surface area contributed by atoms with Gasteiger partial charge in [-0.25, -0.2) is 17.2 Å². The molecule has 0 amide bonds. The zero-order valence-corrected chi connectivity index (χ0v) is 20.9. The van der Waals surface area contributed by atoms with Crippen LogP contribution in [0.5, 0.6) is 0 Å². The summed E-state index contributed by atoms with van der Waals surface area (Å²) in [5.41, 5.74) is 0.706. The van der Waals surface area contributed by atoms with Crippen LogP contribution >= 0.6 is 0 Å². The zero-order valence-electron chi connectivity index (χ0n) is 20.1. The number of halogens is 2. The highest BCUT2D eigenvalue weighted by Crippen LogP contribution is 2.56. The van der Waals surface area contributed by atoms with E-state index >= 15 is 8.78 Å². The minimum atomic E-state index is -3.82. The lowest BCUT2D eigenvalue weighted by Gasteiger charge is -2.51. The summed E-state index contributed by atoms with van der Waals surface area (Å²) in [5.74, 6) is -1.26. The minimum absolute atomic E-state index is 0.00543. The lowest BCUT2D eigenvalue weighted by molar-refractivity contribution is -0.0891. The fourth-order valence-corrected chi connectivity index (χ4v) is 8.12. The standard InChI is InChI=1S/C26H30F2N2O5S/c1-16-8-9-22(17-6-4-3-5-7-17)36(33,34)30(16)13-18-10-21(28)19(11-20(18)27)26(14-25(2,32)15-26)23-12-24(31)29-35-23/h3-7,10-12,16,22,24,29,31-32H,8-9,13-15H2,1-2H3/t16-,22+,24?,25?,26?/m0/s1. The van der Waals surface area contributed by atoms with E-state index in [4.69, 9.17) is 4.84 Å². The fraction of sp³-hybridized carbons (Fsp3) is 0.462. The van der Waals surface area contributed by atoms with Crippen molar-refractivity contribution in [2.75, 3.05) is 0 Å². The Labute approximate surface area is 209 Å². The number of hydroxylamine groups is 1. The first-order valence-corrected chi connectivity index (χ1v) is 13.5. The molecule has 2 heterocycles. The molecule has 1 saturated carbocycles. The van der Waals surface area contributed by atoms with Crippen molar-refractivity contribution in [2.45, 2.75) is 74.6 Å². The predicted molar refractivity (Wildman–Crippen MR) is 129 cm³/mol. The Bertz CT molecular complexity index is 1290. The van der Waals surface area contributed by atoms with E-state index in [9.17, 15) is 18.6 Å². The molecule has 1 saturated heterocycles. The van der Waals surface area contributed by atoms with Crippen LogP contribution in [0.25, 0.3) is 0 Å². The molecule has 1 aliphatic carbocycles. The van der Waals surface area contributed by atoms with E-state index in [1.807, 2.05) is 6.07 Å². The normalized spacial score (nSPS) is 34.1. The summed E-state index contributed by atoms with van der Waals surface area (Å²) in [6.07, 6.45) is 1.47. The van der Waals surface area contributed by atoms with Crippen LogP contribution in [-0.4, -0.2) is 40.8 Å². The molecular formula is C26H30F2N2O5S. The van der Waals surface area contributed by atoms with Gasteiger partial charge >= 0.3 is 0 Å². The fourth-order valence-electron chi connectivity index (χ4n) is 5.93. The Kier molecular flexibility index (Phi) is 6.24. The second kappa shape index (κ2) is 8.88. The van der Waals surface area contributed by atoms with E-state index in [0.29, 0.717) is 18.4 Å². The molecule has 10 heteroatoms. The van der Waals surface area contributed by atoms with Crippen LogP contribution in [0.3, 0.4) is 0 Å². The second-order valence-electron chi connectivity index (χ2n) is 10.5. The molecule has 2 aromatic rings. The molecule has 3 aliphatic rings. The molecular weight excluding hydrogens is 490 g/mol. The molecule has 3 atom stereocenters. The number of rotatable bonds is 5. The van der Waals surface area contributed by atoms with Gasteiger partial charge in [-0.05, 0) is 57.2 Å². The Morgan fingerprint density at radius 2 is 1.83 bits per heavy atom. The maximum Gasteiger partial charge on any atom is 0.221 e. The average Bonchev–Trinajstić information content (AvgIpc) is 3.23. The third-order valence-electron chi connectivity index (χ3n) is 7.61. The van der Waals surface area contributed by atoms with Gasteiger partial charge in [0, 0.05) is 29.8 Å². The van der Waals surface area contributed by atoms with Crippen molar-refractivity contribution in [2.24, 2.45) is 0 Å². The molecule has 0 bridgehead atoms. The molecule has 0 spiro atoms. The molecule has 2 fully saturated rings. The topological polar surface area (TPSA) is 99.1 Å². The van der Waals surface area contributed by atoms with Gasteiger partial charge in [-0.15, -0.1) is 5.48 Å². The van der Waals surface area contributed by atoms with Crippen molar-refractivity contribution in [1.82, 2.24) is 9.79 Å². The number of benzene rings is 2. The quantitative estimate of drug-likeness (QED) is 0.558. The van der Waals surface area contributed by atoms with Crippen LogP contribution in [0.2, 0.25) is 0 Å². The third kappa shape index (κ3) is 4.24. The van der Waals surface area contributed by atoms with Crippen LogP contribution in [-0.2, 0) is 26.8 Å². The highest BCUT2D eigenvalue weighted by molar-refractivity contribution is 7.89. The molecule has 0 aromatic heterocycles. The van der Waals surface area contributed by atoms with Crippen LogP contribution < -0.4 is 5.48 Å². The van der Waals surface area contributed by atoms with Crippen LogP contribution in [0.15, 0.2) is 54.3 Å². The number of aliphatic hydroxyl groups is 2. The van der Waals surface area contributed by atoms with Crippen molar-refractivity contribution in [3.05, 3.63) is 82.6 Å². The Morgan fingerprint density at radius 1 is 1.14 bits per heavy atom. The van der Waals surface area contributed by atoms with Crippen molar-refractivity contribution >= 4 is 10.0 Å². The van der Waals surface area contributed by atoms with Gasteiger partial charge in [-0.1, -0.05) is 30.3 Å². The average molecular weight is 521 g/mol. The molecule has 0 radical (unpaired) electrons. The van der Waals surface area contributed by atoms with E-state index in [1.54, 1.807) is 38.1 Å². The largest absolute Gasteiger partial charge is 0.410 e. The third-order valence-corrected chi connectivity index (χ3v) is 9.98. The Balaban J connectivity index is 1.47. The Morgan fingerprint density at radius 3 is 2.44 bits per heavy atom. The molecule has 5 rings (SSSR count). The summed E-state index contributed by atoms with van der Waals surface area (Å²) >= 11 is 0. The van der Waals surface area contributed by atoms with E-state index in [1.165, 1.54) is 10.4 Å². The Hall–Kier alpha value is -2.37. The summed E-state index contributed by atoms with van der Waals surface area (Å²) in [5, 5.41) is 19.5. The molecule has 2 aliphatic heterocycles. The van der Waals surface area contributed by atoms with Gasteiger partial charge in [0.1, 0.15) is 22.6 Å². The number of sulfonamides is 1. The first-order valence-electron chi connectivity index (χ1n) is 12.0. The van der Waals surface area contributed by atoms with Gasteiger partial charge in [-0.3, -0.25) is 0 Å². The maximum absolute atomic E-state index is 15.6. The van der Waals surface area contributed by atoms with Gasteiger partial charge < -0.3 is 15.1 Å². The van der Waals surface area contributed by atoms with Crippen LogP contribution in [0.4, 0.5) is 8.78 Å². The van der Waals surface area contributed by atoms with Gasteiger partial charge in [-0.2, -0.15) is 4.31 Å². The monoisotopic (exact) mass is 520 g/mol. The number of aliphatic hydroxyl groups excluding tert-OH is 1. The first-order chi connectivity index (χ1) is 16.9. The highest BCUT2D eigenvalue weighted by Gasteiger charge is 2.58. The summed E-state index contributed by atoms with van der Waals surface area (Å²) in [4.78, 5) is 5.34. The second-order valence-corrected chi connectivity index (χ2v) is 12.5. The number of hydrogen-bond acceptors (Lipinski definition) is 6. The van der Waals surface area contributed by atoms with Gasteiger partial charge in [0.15, 0.2) is 6.23 Å². The minimum Gasteiger partial charge on any atom is -0.410 e. The van der Waals surface area contributed by atoms with Crippen LogP contribution in [0, 0.1) is 11.6 Å². The van der Waals surface area contributed by atoms with Crippen molar-refractivity contribution in [3.63, 3.8) is 0 Å². The lowest BCUT2D eigenvalue weighted by Crippen LogP contribution is -2.54. The van der Waals surface area contributed by atoms with Crippen molar-refractivity contribution in [3.8, 4) is 0 Å². The van der Waals surface area contributed by atoms with E-state index < -0.39 is 44.2 Å². The SMILES string of the molecule is C[C@H]1CC[C@H](c2ccccc2)S(=O)(=O)N1Cc1cc(F)c(C2(C3=CC(O)NO3)CC(C)(O)C2)cc1F. The summed E-state index contributed by atoms with van der Waals surface area (Å²) in [6.45, 7) is 3.08. The first kappa shape index (κ1) is 25.3. The van der Waals surface area contributed by atoms with Crippen LogP contribution in [0.1, 0.15) is 61.5 Å². The maximum atomic E-state index is 15.6. The van der Waals surface area contributed by atoms with Gasteiger partial charge in [0.25, 0.3) is 0 Å². The highest BCUT2D eigenvalue weighted by atomic mass is 32.2. The molecule has 194 valence electrons. The van der Waals surface area contributed by atoms with Gasteiger partial charge in [0.2, 0.25) is 10.0 Å². The number of allylic oxidation sites excluding steroid dienone is 1. The smallest absolute Gasteiger partial charge is 0.221 e. The van der Waals surface area contributed by atoms with E-state index in [-0.39, 0.29) is 42.3 Å². The van der Waals surface area contributed by atoms with E-state index in [0.717, 1.165) is 12.1 Å². The van der Waals surface area contributed by atoms with E-state index in [2.05, 4.69) is 5.48 Å². The molecule has 36 heavy (non-hydrogen) atoms. The van der Waals surface area contributed by atoms with Crippen molar-refractivity contribution < 1.29 is 32.2 Å². The molecule has 3 N–H and O–H groups in total. The number of nitrogens with one attached hydrogen (secondary N) is 1. The number of hydrogen-bond donors (Lipinski definition) is 3. The summed E-state index contributed by atoms with van der Waals surface area (Å²) < 4.78 is 59.3. The molecule has 7 nitrogen and oxygen atoms in total. The number of nitrogens with zero attached hydrogens (tertiary/aromatic N) is 1. The predicted octanol–water partition coefficient (Wildman–Crippen LogP) is 3.54. The summed E-state index contributed by atoms with van der Waals surface area (Å²) in [6, 6.07) is 10.6. The zero-order chi connectivity index (χ0) is 25.9. The molecule has 1 unspecified atom stereocenters. The molecule has 2 aromatic carbocycles. The lowest BCUT2D eigenvalue weighted by atomic mass is 9.55. The van der Waals surface area contributed by atoms with Crippen molar-refractivity contribution in [1.29, 1.82) is 0 Å². The summed E-state index contributed by atoms with van der Waals surface area (Å²) in [7, 11) is -3.82. The van der Waals surface area contributed by atoms with Gasteiger partial charge in [0.05, 0.1) is 11.0 Å².